The molecule has 0 bridgehead atoms. The molecule has 4 rings (SSSR count). The number of benzene rings is 1. The van der Waals surface area contributed by atoms with Crippen LogP contribution in [0.3, 0.4) is 0 Å². The van der Waals surface area contributed by atoms with E-state index in [1.807, 2.05) is 0 Å². The zero-order valence-corrected chi connectivity index (χ0v) is 16.8. The molecule has 1 aliphatic heterocycles. The maximum Gasteiger partial charge on any atom is 0.329 e. The largest absolute Gasteiger partial charge is 0.383 e. The summed E-state index contributed by atoms with van der Waals surface area (Å²) in [6.45, 7) is 0.204. The fraction of sp³-hybridized carbons (Fsp3) is 0.176. The van der Waals surface area contributed by atoms with Gasteiger partial charge in [-0.2, -0.15) is 15.1 Å². The van der Waals surface area contributed by atoms with Gasteiger partial charge >= 0.3 is 7.60 Å². The van der Waals surface area contributed by atoms with Crippen molar-refractivity contribution in [3.63, 3.8) is 0 Å². The van der Waals surface area contributed by atoms with E-state index in [2.05, 4.69) is 15.1 Å². The van der Waals surface area contributed by atoms with Crippen molar-refractivity contribution in [2.45, 2.75) is 19.1 Å². The molecule has 3 aromatic rings. The second-order valence-corrected chi connectivity index (χ2v) is 8.11. The number of rotatable bonds is 5. The van der Waals surface area contributed by atoms with Gasteiger partial charge in [0, 0.05) is 18.0 Å². The minimum absolute atomic E-state index is 0. The number of amides is 1. The lowest BCUT2D eigenvalue weighted by atomic mass is 10.1. The number of hydrogen-bond donors (Lipinski definition) is 3. The first-order chi connectivity index (χ1) is 13.3. The summed E-state index contributed by atoms with van der Waals surface area (Å²) >= 11 is 0. The number of nitrogens with two attached hydrogens (primary N) is 1. The molecule has 29 heavy (non-hydrogen) atoms. The van der Waals surface area contributed by atoms with E-state index in [-0.39, 0.29) is 49.2 Å². The lowest BCUT2D eigenvalue weighted by Gasteiger charge is -2.18. The van der Waals surface area contributed by atoms with Crippen molar-refractivity contribution in [3.05, 3.63) is 59.4 Å². The first-order valence-corrected chi connectivity index (χ1v) is 10.2. The van der Waals surface area contributed by atoms with Gasteiger partial charge in [0.15, 0.2) is 0 Å². The summed E-state index contributed by atoms with van der Waals surface area (Å²) in [5, 5.41) is 4.09. The van der Waals surface area contributed by atoms with E-state index < -0.39 is 7.60 Å². The molecule has 1 amide bonds. The Balaban J connectivity index is 0.00000240. The Morgan fingerprint density at radius 2 is 1.93 bits per heavy atom. The Morgan fingerprint density at radius 1 is 1.17 bits per heavy atom. The molecule has 2 aromatic heterocycles. The SMILES string of the molecule is Cl.Nc1nc(-n2cccn2)nc2c1CC(=O)N2Cc1cccc(CP(=O)(O)O)c1. The van der Waals surface area contributed by atoms with Gasteiger partial charge in [0.05, 0.1) is 19.1 Å². The molecule has 0 spiro atoms. The molecule has 3 heterocycles. The predicted molar refractivity (Wildman–Crippen MR) is 108 cm³/mol. The molecule has 0 radical (unpaired) electrons. The van der Waals surface area contributed by atoms with Gasteiger partial charge in [-0.1, -0.05) is 24.3 Å². The van der Waals surface area contributed by atoms with Gasteiger partial charge < -0.3 is 15.5 Å². The maximum absolute atomic E-state index is 12.6. The second-order valence-electron chi connectivity index (χ2n) is 6.46. The molecule has 0 unspecified atom stereocenters. The standard InChI is InChI=1S/C17H17N6O4P.ClH/c18-15-13-8-14(24)22(16(13)21-17(20-15)23-6-2-5-19-23)9-11-3-1-4-12(7-11)10-28(25,26)27;/h1-7H,8-10H2,(H2,18,20,21)(H2,25,26,27);1H. The maximum atomic E-state index is 12.6. The molecule has 0 fully saturated rings. The first-order valence-electron chi connectivity index (χ1n) is 8.39. The molecule has 1 aromatic carbocycles. The van der Waals surface area contributed by atoms with Crippen molar-refractivity contribution in [2.75, 3.05) is 10.6 Å². The van der Waals surface area contributed by atoms with E-state index in [0.29, 0.717) is 16.9 Å². The summed E-state index contributed by atoms with van der Waals surface area (Å²) in [5.74, 6) is 0.732. The normalized spacial score (nSPS) is 13.3. The summed E-state index contributed by atoms with van der Waals surface area (Å²) < 4.78 is 12.7. The van der Waals surface area contributed by atoms with Gasteiger partial charge in [-0.25, -0.2) is 4.68 Å². The fourth-order valence-corrected chi connectivity index (χ4v) is 3.81. The Bertz CT molecular complexity index is 1100. The monoisotopic (exact) mass is 436 g/mol. The number of halogens is 1. The molecule has 0 atom stereocenters. The van der Waals surface area contributed by atoms with Crippen molar-refractivity contribution in [2.24, 2.45) is 0 Å². The van der Waals surface area contributed by atoms with Gasteiger partial charge in [0.25, 0.3) is 5.95 Å². The van der Waals surface area contributed by atoms with Crippen LogP contribution in [0.15, 0.2) is 42.7 Å². The number of nitrogens with zero attached hydrogens (tertiary/aromatic N) is 5. The number of aromatic nitrogens is 4. The summed E-state index contributed by atoms with van der Waals surface area (Å²) in [6.07, 6.45) is 3.00. The summed E-state index contributed by atoms with van der Waals surface area (Å²) in [7, 11) is -4.18. The van der Waals surface area contributed by atoms with Crippen LogP contribution in [-0.2, 0) is 28.5 Å². The highest BCUT2D eigenvalue weighted by molar-refractivity contribution is 7.50. The molecule has 152 valence electrons. The van der Waals surface area contributed by atoms with Crippen LogP contribution in [-0.4, -0.2) is 35.4 Å². The predicted octanol–water partition coefficient (Wildman–Crippen LogP) is 1.43. The molecule has 10 nitrogen and oxygen atoms in total. The lowest BCUT2D eigenvalue weighted by Crippen LogP contribution is -2.27. The van der Waals surface area contributed by atoms with E-state index in [4.69, 9.17) is 5.73 Å². The fourth-order valence-electron chi connectivity index (χ4n) is 3.13. The molecule has 1 aliphatic rings. The second kappa shape index (κ2) is 7.92. The first kappa shape index (κ1) is 20.9. The van der Waals surface area contributed by atoms with Crippen LogP contribution in [0.2, 0.25) is 0 Å². The van der Waals surface area contributed by atoms with E-state index in [1.165, 1.54) is 9.58 Å². The molecule has 0 aliphatic carbocycles. The Hall–Kier alpha value is -2.78. The van der Waals surface area contributed by atoms with Crippen LogP contribution in [0.25, 0.3) is 5.95 Å². The van der Waals surface area contributed by atoms with Crippen molar-refractivity contribution in [3.8, 4) is 5.95 Å². The number of carbonyl (C=O) groups excluding carboxylic acids is 1. The summed E-state index contributed by atoms with van der Waals surface area (Å²) in [5.41, 5.74) is 7.82. The molecule has 0 saturated heterocycles. The highest BCUT2D eigenvalue weighted by Gasteiger charge is 2.32. The zero-order chi connectivity index (χ0) is 19.9. The lowest BCUT2D eigenvalue weighted by molar-refractivity contribution is -0.117. The van der Waals surface area contributed by atoms with Gasteiger partial charge in [0.2, 0.25) is 5.91 Å². The van der Waals surface area contributed by atoms with E-state index in [1.54, 1.807) is 42.7 Å². The highest BCUT2D eigenvalue weighted by Crippen LogP contribution is 2.39. The van der Waals surface area contributed by atoms with Crippen LogP contribution in [0.4, 0.5) is 11.6 Å². The summed E-state index contributed by atoms with van der Waals surface area (Å²) in [6, 6.07) is 8.52. The van der Waals surface area contributed by atoms with E-state index in [0.717, 1.165) is 5.56 Å². The molecule has 12 heteroatoms. The topological polar surface area (TPSA) is 147 Å². The smallest absolute Gasteiger partial charge is 0.329 e. The average Bonchev–Trinajstić information content (AvgIpc) is 3.24. The van der Waals surface area contributed by atoms with Crippen molar-refractivity contribution >= 4 is 37.5 Å². The number of carbonyl (C=O) groups is 1. The van der Waals surface area contributed by atoms with Crippen LogP contribution in [0.1, 0.15) is 16.7 Å². The van der Waals surface area contributed by atoms with Gasteiger partial charge in [-0.05, 0) is 17.2 Å². The number of hydrogen-bond acceptors (Lipinski definition) is 6. The van der Waals surface area contributed by atoms with Crippen molar-refractivity contribution < 1.29 is 19.1 Å². The van der Waals surface area contributed by atoms with Crippen molar-refractivity contribution in [1.29, 1.82) is 0 Å². The molecular weight excluding hydrogens is 419 g/mol. The van der Waals surface area contributed by atoms with E-state index in [9.17, 15) is 19.1 Å². The highest BCUT2D eigenvalue weighted by atomic mass is 35.5. The quantitative estimate of drug-likeness (QED) is 0.509. The zero-order valence-electron chi connectivity index (χ0n) is 15.0. The van der Waals surface area contributed by atoms with Gasteiger partial charge in [-0.15, -0.1) is 12.4 Å². The Morgan fingerprint density at radius 3 is 2.62 bits per heavy atom. The van der Waals surface area contributed by atoms with Crippen LogP contribution < -0.4 is 10.6 Å². The van der Waals surface area contributed by atoms with Crippen LogP contribution in [0, 0.1) is 0 Å². The van der Waals surface area contributed by atoms with Crippen molar-refractivity contribution in [1.82, 2.24) is 19.7 Å². The molecular formula is C17H18ClN6O4P. The van der Waals surface area contributed by atoms with Crippen LogP contribution in [0.5, 0.6) is 0 Å². The third kappa shape index (κ3) is 4.46. The molecule has 4 N–H and O–H groups in total. The van der Waals surface area contributed by atoms with Gasteiger partial charge in [-0.3, -0.25) is 14.3 Å². The Kier molecular flexibility index (Phi) is 5.72. The Labute approximate surface area is 172 Å². The number of anilines is 2. The number of nitrogen functional groups attached to an aromatic ring is 1. The number of fused-ring (bicyclic) bond motifs is 1. The molecule has 0 saturated carbocycles. The van der Waals surface area contributed by atoms with E-state index >= 15 is 0 Å². The minimum Gasteiger partial charge on any atom is -0.383 e. The van der Waals surface area contributed by atoms with Crippen LogP contribution >= 0.6 is 20.0 Å². The minimum atomic E-state index is -4.18. The average molecular weight is 437 g/mol. The van der Waals surface area contributed by atoms with Gasteiger partial charge in [0.1, 0.15) is 11.6 Å². The summed E-state index contributed by atoms with van der Waals surface area (Å²) in [4.78, 5) is 41.1. The third-order valence-corrected chi connectivity index (χ3v) is 5.10. The third-order valence-electron chi connectivity index (χ3n) is 4.32.